The van der Waals surface area contributed by atoms with Gasteiger partial charge in [0.1, 0.15) is 0 Å². The van der Waals surface area contributed by atoms with Crippen LogP contribution >= 0.6 is 0 Å². The summed E-state index contributed by atoms with van der Waals surface area (Å²) < 4.78 is 4.96. The molecule has 3 atom stereocenters. The van der Waals surface area contributed by atoms with Gasteiger partial charge in [0.05, 0.1) is 19.1 Å². The summed E-state index contributed by atoms with van der Waals surface area (Å²) in [6.07, 6.45) is 2.53. The number of hydrogen-bond donors (Lipinski definition) is 1. The lowest BCUT2D eigenvalue weighted by molar-refractivity contribution is -0.145. The highest BCUT2D eigenvalue weighted by atomic mass is 16.5. The van der Waals surface area contributed by atoms with Crippen molar-refractivity contribution >= 4 is 11.9 Å². The van der Waals surface area contributed by atoms with Crippen LogP contribution in [0.5, 0.6) is 0 Å². The first-order valence-corrected chi connectivity index (χ1v) is 9.96. The van der Waals surface area contributed by atoms with E-state index in [9.17, 15) is 4.79 Å². The molecule has 2 saturated heterocycles. The Kier molecular flexibility index (Phi) is 6.72. The maximum absolute atomic E-state index is 12.0. The maximum Gasteiger partial charge on any atom is 0.310 e. The minimum atomic E-state index is -0.125. The molecule has 0 aromatic heterocycles. The molecule has 27 heavy (non-hydrogen) atoms. The van der Waals surface area contributed by atoms with Gasteiger partial charge in [0.15, 0.2) is 5.96 Å². The standard InChI is InChI=1S/C21H32N4O2/c1-16-14-25(15-18(16)20(26)27-3)21(22-2)23-13-19(24-11-7-8-12-24)17-9-5-4-6-10-17/h4-6,9-10,16,18-19H,7-8,11-15H2,1-3H3,(H,22,23). The zero-order chi connectivity index (χ0) is 19.2. The number of likely N-dealkylation sites (tertiary alicyclic amines) is 2. The predicted octanol–water partition coefficient (Wildman–Crippen LogP) is 2.14. The molecule has 0 bridgehead atoms. The number of aliphatic imine (C=N–C) groups is 1. The van der Waals surface area contributed by atoms with Crippen molar-refractivity contribution < 1.29 is 9.53 Å². The van der Waals surface area contributed by atoms with E-state index in [1.54, 1.807) is 0 Å². The van der Waals surface area contributed by atoms with Crippen LogP contribution in [-0.2, 0) is 9.53 Å². The van der Waals surface area contributed by atoms with Crippen LogP contribution in [0.3, 0.4) is 0 Å². The topological polar surface area (TPSA) is 57.2 Å². The summed E-state index contributed by atoms with van der Waals surface area (Å²) >= 11 is 0. The van der Waals surface area contributed by atoms with Gasteiger partial charge < -0.3 is 15.0 Å². The highest BCUT2D eigenvalue weighted by molar-refractivity contribution is 5.82. The number of methoxy groups -OCH3 is 1. The number of nitrogens with zero attached hydrogens (tertiary/aromatic N) is 3. The summed E-state index contributed by atoms with van der Waals surface area (Å²) in [4.78, 5) is 21.2. The van der Waals surface area contributed by atoms with Gasteiger partial charge >= 0.3 is 5.97 Å². The molecule has 3 rings (SSSR count). The smallest absolute Gasteiger partial charge is 0.310 e. The Balaban J connectivity index is 1.66. The largest absolute Gasteiger partial charge is 0.469 e. The van der Waals surface area contributed by atoms with E-state index in [-0.39, 0.29) is 17.8 Å². The van der Waals surface area contributed by atoms with Gasteiger partial charge in [-0.15, -0.1) is 0 Å². The molecule has 6 heteroatoms. The van der Waals surface area contributed by atoms with Crippen LogP contribution in [-0.4, -0.2) is 68.6 Å². The quantitative estimate of drug-likeness (QED) is 0.488. The number of nitrogens with one attached hydrogen (secondary N) is 1. The van der Waals surface area contributed by atoms with Gasteiger partial charge in [-0.05, 0) is 37.4 Å². The van der Waals surface area contributed by atoms with Gasteiger partial charge in [-0.3, -0.25) is 14.7 Å². The van der Waals surface area contributed by atoms with Gasteiger partial charge in [0.25, 0.3) is 0 Å². The number of guanidine groups is 1. The molecule has 1 N–H and O–H groups in total. The van der Waals surface area contributed by atoms with Crippen molar-refractivity contribution in [3.63, 3.8) is 0 Å². The second-order valence-electron chi connectivity index (χ2n) is 7.61. The van der Waals surface area contributed by atoms with Gasteiger partial charge in [0, 0.05) is 26.7 Å². The summed E-state index contributed by atoms with van der Waals surface area (Å²) in [6.45, 7) is 6.68. The second kappa shape index (κ2) is 9.22. The first-order valence-electron chi connectivity index (χ1n) is 9.96. The number of hydrogen-bond acceptors (Lipinski definition) is 4. The van der Waals surface area contributed by atoms with Gasteiger partial charge in [-0.1, -0.05) is 37.3 Å². The Labute approximate surface area is 162 Å². The van der Waals surface area contributed by atoms with Gasteiger partial charge in [-0.2, -0.15) is 0 Å². The third-order valence-corrected chi connectivity index (χ3v) is 5.85. The number of benzene rings is 1. The minimum Gasteiger partial charge on any atom is -0.469 e. The minimum absolute atomic E-state index is 0.0861. The number of carbonyl (C=O) groups excluding carboxylic acids is 1. The van der Waals surface area contributed by atoms with E-state index in [4.69, 9.17) is 4.74 Å². The van der Waals surface area contributed by atoms with Crippen LogP contribution in [0, 0.1) is 11.8 Å². The van der Waals surface area contributed by atoms with Crippen LogP contribution in [0.15, 0.2) is 35.3 Å². The van der Waals surface area contributed by atoms with Crippen molar-refractivity contribution in [3.05, 3.63) is 35.9 Å². The van der Waals surface area contributed by atoms with E-state index in [1.807, 2.05) is 7.05 Å². The Hall–Kier alpha value is -2.08. The van der Waals surface area contributed by atoms with Crippen molar-refractivity contribution in [1.29, 1.82) is 0 Å². The highest BCUT2D eigenvalue weighted by Gasteiger charge is 2.37. The van der Waals surface area contributed by atoms with E-state index >= 15 is 0 Å². The highest BCUT2D eigenvalue weighted by Crippen LogP contribution is 2.26. The maximum atomic E-state index is 12.0. The van der Waals surface area contributed by atoms with Crippen LogP contribution in [0.4, 0.5) is 0 Å². The van der Waals surface area contributed by atoms with E-state index in [2.05, 4.69) is 57.4 Å². The number of carbonyl (C=O) groups is 1. The third kappa shape index (κ3) is 4.61. The second-order valence-corrected chi connectivity index (χ2v) is 7.61. The predicted molar refractivity (Wildman–Crippen MR) is 108 cm³/mol. The number of rotatable bonds is 5. The lowest BCUT2D eigenvalue weighted by atomic mass is 9.99. The first-order chi connectivity index (χ1) is 13.1. The lowest BCUT2D eigenvalue weighted by Crippen LogP contribution is -2.44. The molecule has 0 spiro atoms. The number of ether oxygens (including phenoxy) is 1. The molecule has 1 aromatic rings. The van der Waals surface area contributed by atoms with Crippen LogP contribution in [0.1, 0.15) is 31.4 Å². The molecule has 2 aliphatic heterocycles. The van der Waals surface area contributed by atoms with E-state index in [1.165, 1.54) is 25.5 Å². The SMILES string of the molecule is CN=C(NCC(c1ccccc1)N1CCCC1)N1CC(C)C(C(=O)OC)C1. The molecular formula is C21H32N4O2. The zero-order valence-corrected chi connectivity index (χ0v) is 16.7. The van der Waals surface area contributed by atoms with Crippen LogP contribution < -0.4 is 5.32 Å². The van der Waals surface area contributed by atoms with Gasteiger partial charge in [-0.25, -0.2) is 0 Å². The van der Waals surface area contributed by atoms with E-state index < -0.39 is 0 Å². The van der Waals surface area contributed by atoms with Crippen LogP contribution in [0.2, 0.25) is 0 Å². The molecule has 3 unspecified atom stereocenters. The fourth-order valence-corrected chi connectivity index (χ4v) is 4.30. The molecule has 2 aliphatic rings. The Bertz CT molecular complexity index is 643. The summed E-state index contributed by atoms with van der Waals surface area (Å²) in [5.41, 5.74) is 1.34. The molecule has 1 aromatic carbocycles. The Morgan fingerprint density at radius 2 is 1.96 bits per heavy atom. The van der Waals surface area contributed by atoms with Crippen molar-refractivity contribution in [2.24, 2.45) is 16.8 Å². The van der Waals surface area contributed by atoms with Crippen molar-refractivity contribution in [2.45, 2.75) is 25.8 Å². The lowest BCUT2D eigenvalue weighted by Gasteiger charge is -2.30. The van der Waals surface area contributed by atoms with Gasteiger partial charge in [0.2, 0.25) is 0 Å². The van der Waals surface area contributed by atoms with Crippen molar-refractivity contribution in [2.75, 3.05) is 46.9 Å². The zero-order valence-electron chi connectivity index (χ0n) is 16.7. The first kappa shape index (κ1) is 19.7. The fourth-order valence-electron chi connectivity index (χ4n) is 4.30. The normalized spacial score (nSPS) is 24.9. The third-order valence-electron chi connectivity index (χ3n) is 5.85. The molecule has 148 valence electrons. The summed E-state index contributed by atoms with van der Waals surface area (Å²) in [7, 11) is 3.27. The molecule has 0 radical (unpaired) electrons. The van der Waals surface area contributed by atoms with Crippen molar-refractivity contribution in [3.8, 4) is 0 Å². The summed E-state index contributed by atoms with van der Waals surface area (Å²) in [5.74, 6) is 0.921. The average Bonchev–Trinajstić information content (AvgIpc) is 3.35. The number of esters is 1. The molecule has 0 saturated carbocycles. The Morgan fingerprint density at radius 3 is 2.59 bits per heavy atom. The summed E-state index contributed by atoms with van der Waals surface area (Å²) in [5, 5.41) is 3.57. The van der Waals surface area contributed by atoms with E-state index in [0.29, 0.717) is 12.6 Å². The average molecular weight is 373 g/mol. The molecular weight excluding hydrogens is 340 g/mol. The van der Waals surface area contributed by atoms with Crippen molar-refractivity contribution in [1.82, 2.24) is 15.1 Å². The monoisotopic (exact) mass is 372 g/mol. The molecule has 0 aliphatic carbocycles. The molecule has 2 fully saturated rings. The summed E-state index contributed by atoms with van der Waals surface area (Å²) in [6, 6.07) is 11.0. The van der Waals surface area contributed by atoms with E-state index in [0.717, 1.165) is 32.1 Å². The van der Waals surface area contributed by atoms with Crippen LogP contribution in [0.25, 0.3) is 0 Å². The molecule has 6 nitrogen and oxygen atoms in total. The molecule has 2 heterocycles. The molecule has 0 amide bonds. The Morgan fingerprint density at radius 1 is 1.26 bits per heavy atom. The fraction of sp³-hybridized carbons (Fsp3) is 0.619.